The van der Waals surface area contributed by atoms with Crippen molar-refractivity contribution in [2.75, 3.05) is 0 Å². The molecule has 1 aromatic carbocycles. The Morgan fingerprint density at radius 3 is 1.53 bits per heavy atom. The van der Waals surface area contributed by atoms with E-state index < -0.39 is 16.1 Å². The fourth-order valence-electron chi connectivity index (χ4n) is 3.17. The minimum Gasteiger partial charge on any atom is -0.127 e. The predicted octanol–water partition coefficient (Wildman–Crippen LogP) is 7.81. The molecule has 0 saturated carbocycles. The topological polar surface area (TPSA) is 0 Å². The molecule has 0 N–H and O–H groups in total. The lowest BCUT2D eigenvalue weighted by Gasteiger charge is -2.10. The molecule has 0 spiro atoms. The Kier molecular flexibility index (Phi) is 11.3. The van der Waals surface area contributed by atoms with Crippen molar-refractivity contribution in [3.05, 3.63) is 34.4 Å². The first-order chi connectivity index (χ1) is 14.1. The molecule has 0 nitrogen and oxygen atoms in total. The van der Waals surface area contributed by atoms with Gasteiger partial charge in [-0.2, -0.15) is 0 Å². The number of unbranched alkanes of at least 4 members (excludes halogenated alkanes) is 7. The maximum atomic E-state index is 5.91. The number of rotatable bonds is 9. The van der Waals surface area contributed by atoms with Crippen molar-refractivity contribution in [3.8, 4) is 35.3 Å². The standard InChI is InChI=1S/C28H42Si2/c1-9-11-12-13-14-15-16-17-18-25-23-26(19-21-29(3,4)5)28(10-2)27(24-25)20-22-30(6,7)8/h2,23-24H,9,11-18H2,1,3-8H3. The number of hydrogen-bond acceptors (Lipinski definition) is 0. The lowest BCUT2D eigenvalue weighted by atomic mass is 9.95. The largest absolute Gasteiger partial charge is 0.129 e. The third kappa shape index (κ3) is 11.5. The van der Waals surface area contributed by atoms with Crippen LogP contribution in [-0.4, -0.2) is 16.1 Å². The van der Waals surface area contributed by atoms with Crippen LogP contribution in [0.5, 0.6) is 0 Å². The average Bonchev–Trinajstić information content (AvgIpc) is 2.65. The van der Waals surface area contributed by atoms with Crippen LogP contribution in [0, 0.1) is 35.3 Å². The Balaban J connectivity index is 3.01. The summed E-state index contributed by atoms with van der Waals surface area (Å²) in [5.74, 6) is 9.74. The second kappa shape index (κ2) is 12.9. The van der Waals surface area contributed by atoms with Gasteiger partial charge in [0, 0.05) is 11.1 Å². The Morgan fingerprint density at radius 2 is 1.13 bits per heavy atom. The van der Waals surface area contributed by atoms with E-state index in [1.54, 1.807) is 0 Å². The van der Waals surface area contributed by atoms with Gasteiger partial charge in [-0.1, -0.05) is 109 Å². The van der Waals surface area contributed by atoms with Gasteiger partial charge < -0.3 is 0 Å². The molecule has 0 atom stereocenters. The minimum absolute atomic E-state index is 0.881. The number of benzene rings is 1. The molecule has 0 aliphatic rings. The van der Waals surface area contributed by atoms with Crippen LogP contribution in [0.1, 0.15) is 80.5 Å². The van der Waals surface area contributed by atoms with Crippen LogP contribution < -0.4 is 0 Å². The summed E-state index contributed by atoms with van der Waals surface area (Å²) in [6.07, 6.45) is 17.7. The molecule has 0 radical (unpaired) electrons. The smallest absolute Gasteiger partial charge is 0.127 e. The normalized spacial score (nSPS) is 11.1. The van der Waals surface area contributed by atoms with Crippen LogP contribution in [0.15, 0.2) is 12.1 Å². The zero-order valence-corrected chi connectivity index (χ0v) is 22.6. The van der Waals surface area contributed by atoms with E-state index in [1.807, 2.05) is 0 Å². The molecule has 0 aliphatic heterocycles. The fraction of sp³-hybridized carbons (Fsp3) is 0.571. The van der Waals surface area contributed by atoms with Gasteiger partial charge in [0.1, 0.15) is 16.1 Å². The molecule has 0 bridgehead atoms. The van der Waals surface area contributed by atoms with Crippen LogP contribution in [0.25, 0.3) is 0 Å². The minimum atomic E-state index is -1.47. The van der Waals surface area contributed by atoms with E-state index in [1.165, 1.54) is 56.9 Å². The number of hydrogen-bond donors (Lipinski definition) is 0. The molecule has 2 heteroatoms. The van der Waals surface area contributed by atoms with Gasteiger partial charge in [-0.05, 0) is 30.5 Å². The van der Waals surface area contributed by atoms with Crippen molar-refractivity contribution in [1.82, 2.24) is 0 Å². The third-order valence-corrected chi connectivity index (χ3v) is 6.56. The Morgan fingerprint density at radius 1 is 0.700 bits per heavy atom. The molecule has 0 heterocycles. The second-order valence-corrected chi connectivity index (χ2v) is 19.9. The van der Waals surface area contributed by atoms with E-state index in [-0.39, 0.29) is 0 Å². The summed E-state index contributed by atoms with van der Waals surface area (Å²) in [4.78, 5) is 0. The predicted molar refractivity (Wildman–Crippen MR) is 141 cm³/mol. The van der Waals surface area contributed by atoms with Gasteiger partial charge in [-0.3, -0.25) is 0 Å². The van der Waals surface area contributed by atoms with Crippen molar-refractivity contribution in [2.24, 2.45) is 0 Å². The monoisotopic (exact) mass is 434 g/mol. The first-order valence-corrected chi connectivity index (χ1v) is 18.8. The maximum Gasteiger partial charge on any atom is 0.129 e. The van der Waals surface area contributed by atoms with E-state index in [2.05, 4.69) is 87.2 Å². The highest BCUT2D eigenvalue weighted by molar-refractivity contribution is 6.84. The highest BCUT2D eigenvalue weighted by atomic mass is 28.3. The first-order valence-electron chi connectivity index (χ1n) is 11.8. The Hall–Kier alpha value is -1.67. The van der Waals surface area contributed by atoms with Gasteiger partial charge in [0.2, 0.25) is 0 Å². The van der Waals surface area contributed by atoms with Gasteiger partial charge in [-0.25, -0.2) is 0 Å². The summed E-state index contributed by atoms with van der Waals surface area (Å²) < 4.78 is 0. The molecule has 0 aromatic heterocycles. The quantitative estimate of drug-likeness (QED) is 0.211. The zero-order valence-electron chi connectivity index (χ0n) is 20.6. The van der Waals surface area contributed by atoms with E-state index in [9.17, 15) is 0 Å². The SMILES string of the molecule is C#Cc1c(C#C[Si](C)(C)C)cc(CCCCCCCCCC)cc1C#C[Si](C)(C)C. The summed E-state index contributed by atoms with van der Waals surface area (Å²) in [6.45, 7) is 15.9. The molecule has 0 aliphatic carbocycles. The third-order valence-electron chi connectivity index (χ3n) is 4.81. The van der Waals surface area contributed by atoms with Gasteiger partial charge in [-0.15, -0.1) is 17.5 Å². The van der Waals surface area contributed by atoms with Crippen molar-refractivity contribution >= 4 is 16.1 Å². The van der Waals surface area contributed by atoms with E-state index >= 15 is 0 Å². The average molecular weight is 435 g/mol. The molecule has 0 fully saturated rings. The molecule has 0 saturated heterocycles. The first kappa shape index (κ1) is 26.4. The van der Waals surface area contributed by atoms with Crippen LogP contribution in [0.3, 0.4) is 0 Å². The number of terminal acetylenes is 1. The van der Waals surface area contributed by atoms with E-state index in [4.69, 9.17) is 6.42 Å². The van der Waals surface area contributed by atoms with Crippen molar-refractivity contribution in [3.63, 3.8) is 0 Å². The van der Waals surface area contributed by atoms with E-state index in [0.717, 1.165) is 23.1 Å². The molecule has 0 amide bonds. The summed E-state index contributed by atoms with van der Waals surface area (Å²) in [5.41, 5.74) is 11.2. The molecule has 0 unspecified atom stereocenters. The highest BCUT2D eigenvalue weighted by Crippen LogP contribution is 2.19. The molecule has 162 valence electrons. The lowest BCUT2D eigenvalue weighted by Crippen LogP contribution is -2.16. The summed E-state index contributed by atoms with van der Waals surface area (Å²) in [5, 5.41) is 0. The van der Waals surface area contributed by atoms with Crippen LogP contribution in [0.2, 0.25) is 39.3 Å². The van der Waals surface area contributed by atoms with Crippen LogP contribution in [0.4, 0.5) is 0 Å². The van der Waals surface area contributed by atoms with Gasteiger partial charge in [0.05, 0.1) is 5.56 Å². The fourth-order valence-corrected chi connectivity index (χ4v) is 4.19. The van der Waals surface area contributed by atoms with Crippen molar-refractivity contribution in [2.45, 2.75) is 104 Å². The van der Waals surface area contributed by atoms with E-state index in [0.29, 0.717) is 0 Å². The maximum absolute atomic E-state index is 5.91. The van der Waals surface area contributed by atoms with Gasteiger partial charge in [0.15, 0.2) is 0 Å². The molecule has 30 heavy (non-hydrogen) atoms. The second-order valence-electron chi connectivity index (χ2n) is 10.4. The molecular weight excluding hydrogens is 392 g/mol. The number of aryl methyl sites for hydroxylation is 1. The summed E-state index contributed by atoms with van der Waals surface area (Å²) in [6, 6.07) is 4.45. The lowest BCUT2D eigenvalue weighted by molar-refractivity contribution is 0.575. The Labute approximate surface area is 189 Å². The summed E-state index contributed by atoms with van der Waals surface area (Å²) >= 11 is 0. The molecule has 1 aromatic rings. The van der Waals surface area contributed by atoms with Gasteiger partial charge in [0.25, 0.3) is 0 Å². The van der Waals surface area contributed by atoms with Crippen LogP contribution in [-0.2, 0) is 6.42 Å². The molecule has 1 rings (SSSR count). The van der Waals surface area contributed by atoms with Crippen molar-refractivity contribution < 1.29 is 0 Å². The van der Waals surface area contributed by atoms with Gasteiger partial charge >= 0.3 is 0 Å². The van der Waals surface area contributed by atoms with Crippen LogP contribution >= 0.6 is 0 Å². The zero-order chi connectivity index (χ0) is 22.6. The Bertz CT molecular complexity index is 781. The molecular formula is C28H42Si2. The summed E-state index contributed by atoms with van der Waals surface area (Å²) in [7, 11) is -2.94. The highest BCUT2D eigenvalue weighted by Gasteiger charge is 2.12. The van der Waals surface area contributed by atoms with Crippen molar-refractivity contribution in [1.29, 1.82) is 0 Å².